The lowest BCUT2D eigenvalue weighted by Gasteiger charge is -2.12. The number of ether oxygens (including phenoxy) is 1. The molecular formula is C7H17Cl2NO2. The monoisotopic (exact) mass is 217 g/mol. The molecule has 2 N–H and O–H groups in total. The molecule has 0 fully saturated rings. The number of rotatable bonds is 3. The standard InChI is InChI=1S/C7H15NO2.2ClH/c1-4-10-7(9)6(8)5(2)3;;/h5-6H,4,8H2,1-3H3;2*1H. The van der Waals surface area contributed by atoms with Crippen molar-refractivity contribution in [1.29, 1.82) is 0 Å². The van der Waals surface area contributed by atoms with Gasteiger partial charge >= 0.3 is 5.97 Å². The summed E-state index contributed by atoms with van der Waals surface area (Å²) in [7, 11) is 0. The highest BCUT2D eigenvalue weighted by Crippen LogP contribution is 1.99. The molecule has 12 heavy (non-hydrogen) atoms. The van der Waals surface area contributed by atoms with Crippen molar-refractivity contribution in [1.82, 2.24) is 0 Å². The van der Waals surface area contributed by atoms with E-state index in [0.29, 0.717) is 6.61 Å². The Morgan fingerprint density at radius 2 is 1.83 bits per heavy atom. The van der Waals surface area contributed by atoms with Gasteiger partial charge in [-0.05, 0) is 12.8 Å². The number of carbonyl (C=O) groups is 1. The van der Waals surface area contributed by atoms with Crippen LogP contribution in [0.25, 0.3) is 0 Å². The Morgan fingerprint density at radius 1 is 1.42 bits per heavy atom. The Labute approximate surface area is 85.9 Å². The SMILES string of the molecule is CCOC(=O)C(N)C(C)C.Cl.Cl. The summed E-state index contributed by atoms with van der Waals surface area (Å²) in [5.74, 6) is -0.156. The molecule has 0 aliphatic rings. The molecule has 0 spiro atoms. The summed E-state index contributed by atoms with van der Waals surface area (Å²) in [5.41, 5.74) is 5.47. The van der Waals surface area contributed by atoms with E-state index in [0.717, 1.165) is 0 Å². The lowest BCUT2D eigenvalue weighted by atomic mass is 10.1. The van der Waals surface area contributed by atoms with E-state index in [1.807, 2.05) is 13.8 Å². The fourth-order valence-corrected chi connectivity index (χ4v) is 0.511. The van der Waals surface area contributed by atoms with Crippen molar-refractivity contribution in [3.05, 3.63) is 0 Å². The highest BCUT2D eigenvalue weighted by Gasteiger charge is 2.17. The normalized spacial score (nSPS) is 11.1. The third kappa shape index (κ3) is 6.70. The fraction of sp³-hybridized carbons (Fsp3) is 0.857. The van der Waals surface area contributed by atoms with E-state index in [9.17, 15) is 4.79 Å². The van der Waals surface area contributed by atoms with Crippen LogP contribution < -0.4 is 5.73 Å². The maximum absolute atomic E-state index is 10.8. The van der Waals surface area contributed by atoms with Crippen LogP contribution in [0.2, 0.25) is 0 Å². The molecule has 0 aliphatic carbocycles. The fourth-order valence-electron chi connectivity index (χ4n) is 0.511. The Balaban J connectivity index is -0.000000405. The van der Waals surface area contributed by atoms with Crippen molar-refractivity contribution in [2.45, 2.75) is 26.8 Å². The summed E-state index contributed by atoms with van der Waals surface area (Å²) in [4.78, 5) is 10.8. The Kier molecular flexibility index (Phi) is 13.6. The molecule has 5 heteroatoms. The van der Waals surface area contributed by atoms with E-state index in [4.69, 9.17) is 10.5 Å². The summed E-state index contributed by atoms with van der Waals surface area (Å²) in [5, 5.41) is 0. The molecule has 0 saturated heterocycles. The second-order valence-corrected chi connectivity index (χ2v) is 2.52. The summed E-state index contributed by atoms with van der Waals surface area (Å²) in [6, 6.07) is -0.472. The summed E-state index contributed by atoms with van der Waals surface area (Å²) in [6.45, 7) is 5.95. The number of carbonyl (C=O) groups excluding carboxylic acids is 1. The van der Waals surface area contributed by atoms with Gasteiger partial charge in [-0.1, -0.05) is 13.8 Å². The van der Waals surface area contributed by atoms with Gasteiger partial charge in [-0.3, -0.25) is 4.79 Å². The van der Waals surface area contributed by atoms with Crippen LogP contribution in [0.5, 0.6) is 0 Å². The van der Waals surface area contributed by atoms with E-state index in [-0.39, 0.29) is 36.7 Å². The smallest absolute Gasteiger partial charge is 0.323 e. The second kappa shape index (κ2) is 9.10. The van der Waals surface area contributed by atoms with E-state index < -0.39 is 6.04 Å². The van der Waals surface area contributed by atoms with Crippen LogP contribution >= 0.6 is 24.8 Å². The zero-order valence-corrected chi connectivity index (χ0v) is 9.21. The topological polar surface area (TPSA) is 52.3 Å². The Bertz CT molecular complexity index is 120. The first-order chi connectivity index (χ1) is 4.59. The van der Waals surface area contributed by atoms with Crippen molar-refractivity contribution in [3.63, 3.8) is 0 Å². The number of nitrogens with two attached hydrogens (primary N) is 1. The van der Waals surface area contributed by atoms with E-state index in [1.54, 1.807) is 6.92 Å². The summed E-state index contributed by atoms with van der Waals surface area (Å²) in [6.07, 6.45) is 0. The van der Waals surface area contributed by atoms with Crippen LogP contribution in [0, 0.1) is 5.92 Å². The molecule has 0 rings (SSSR count). The van der Waals surface area contributed by atoms with Gasteiger partial charge in [0.1, 0.15) is 6.04 Å². The maximum Gasteiger partial charge on any atom is 0.323 e. The number of halogens is 2. The van der Waals surface area contributed by atoms with E-state index >= 15 is 0 Å². The molecule has 0 heterocycles. The van der Waals surface area contributed by atoms with Crippen LogP contribution in [-0.4, -0.2) is 18.6 Å². The number of esters is 1. The van der Waals surface area contributed by atoms with Crippen LogP contribution in [-0.2, 0) is 9.53 Å². The average molecular weight is 218 g/mol. The van der Waals surface area contributed by atoms with E-state index in [2.05, 4.69) is 0 Å². The molecule has 76 valence electrons. The zero-order chi connectivity index (χ0) is 8.15. The van der Waals surface area contributed by atoms with Crippen LogP contribution in [0.15, 0.2) is 0 Å². The van der Waals surface area contributed by atoms with Gasteiger partial charge in [0.25, 0.3) is 0 Å². The lowest BCUT2D eigenvalue weighted by Crippen LogP contribution is -2.36. The van der Waals surface area contributed by atoms with Gasteiger partial charge in [-0.2, -0.15) is 0 Å². The molecule has 0 amide bonds. The molecule has 0 saturated carbocycles. The van der Waals surface area contributed by atoms with Crippen LogP contribution in [0.1, 0.15) is 20.8 Å². The van der Waals surface area contributed by atoms with Gasteiger partial charge in [-0.25, -0.2) is 0 Å². The first-order valence-corrected chi connectivity index (χ1v) is 3.51. The van der Waals surface area contributed by atoms with Gasteiger partial charge in [0.2, 0.25) is 0 Å². The quantitative estimate of drug-likeness (QED) is 0.728. The van der Waals surface area contributed by atoms with Crippen molar-refractivity contribution in [3.8, 4) is 0 Å². The Morgan fingerprint density at radius 3 is 2.08 bits per heavy atom. The molecule has 0 aromatic rings. The lowest BCUT2D eigenvalue weighted by molar-refractivity contribution is -0.145. The molecule has 0 aromatic carbocycles. The number of hydrogen-bond donors (Lipinski definition) is 1. The first kappa shape index (κ1) is 17.9. The van der Waals surface area contributed by atoms with Gasteiger partial charge < -0.3 is 10.5 Å². The molecule has 1 atom stereocenters. The van der Waals surface area contributed by atoms with Crippen LogP contribution in [0.4, 0.5) is 0 Å². The van der Waals surface area contributed by atoms with Crippen molar-refractivity contribution in [2.75, 3.05) is 6.61 Å². The second-order valence-electron chi connectivity index (χ2n) is 2.52. The first-order valence-electron chi connectivity index (χ1n) is 3.51. The number of hydrogen-bond acceptors (Lipinski definition) is 3. The zero-order valence-electron chi connectivity index (χ0n) is 7.57. The van der Waals surface area contributed by atoms with E-state index in [1.165, 1.54) is 0 Å². The van der Waals surface area contributed by atoms with Crippen molar-refractivity contribution >= 4 is 30.8 Å². The third-order valence-corrected chi connectivity index (χ3v) is 1.28. The minimum atomic E-state index is -0.472. The molecule has 1 unspecified atom stereocenters. The van der Waals surface area contributed by atoms with Gasteiger partial charge in [-0.15, -0.1) is 24.8 Å². The van der Waals surface area contributed by atoms with Crippen molar-refractivity contribution < 1.29 is 9.53 Å². The van der Waals surface area contributed by atoms with Gasteiger partial charge in [0, 0.05) is 0 Å². The Hall–Kier alpha value is 0.01000. The third-order valence-electron chi connectivity index (χ3n) is 1.28. The predicted molar refractivity (Wildman–Crippen MR) is 53.9 cm³/mol. The molecule has 0 radical (unpaired) electrons. The summed E-state index contributed by atoms with van der Waals surface area (Å²) >= 11 is 0. The highest BCUT2D eigenvalue weighted by molar-refractivity contribution is 5.85. The highest BCUT2D eigenvalue weighted by atomic mass is 35.5. The maximum atomic E-state index is 10.8. The van der Waals surface area contributed by atoms with Gasteiger partial charge in [0.15, 0.2) is 0 Å². The van der Waals surface area contributed by atoms with Gasteiger partial charge in [0.05, 0.1) is 6.61 Å². The molecule has 0 bridgehead atoms. The summed E-state index contributed by atoms with van der Waals surface area (Å²) < 4.78 is 4.70. The molecule has 3 nitrogen and oxygen atoms in total. The predicted octanol–water partition coefficient (Wildman–Crippen LogP) is 1.38. The molecule has 0 aromatic heterocycles. The average Bonchev–Trinajstić information content (AvgIpc) is 1.87. The molecular weight excluding hydrogens is 201 g/mol. The molecule has 0 aliphatic heterocycles. The minimum absolute atomic E-state index is 0. The van der Waals surface area contributed by atoms with Crippen LogP contribution in [0.3, 0.4) is 0 Å². The van der Waals surface area contributed by atoms with Crippen molar-refractivity contribution in [2.24, 2.45) is 11.7 Å². The minimum Gasteiger partial charge on any atom is -0.465 e. The largest absolute Gasteiger partial charge is 0.465 e.